The van der Waals surface area contributed by atoms with Crippen molar-refractivity contribution in [2.75, 3.05) is 32.7 Å². The standard InChI is InChI=1S/C22H24N4O4/c27-18-9-8-17(20(28)24-18)26-21(29)16-7-4-6-15(19(16)22(26)30)5-2-1-3-12-25-13-10-23-11-14-25/h4,6-7,17,23H,1,3,8-14H2,(H,24,27,28). The third-order valence-corrected chi connectivity index (χ3v) is 5.68. The lowest BCUT2D eigenvalue weighted by atomic mass is 10.0. The molecule has 2 saturated heterocycles. The third-order valence-electron chi connectivity index (χ3n) is 5.68. The summed E-state index contributed by atoms with van der Waals surface area (Å²) in [6.07, 6.45) is 1.89. The van der Waals surface area contributed by atoms with Gasteiger partial charge in [0.25, 0.3) is 11.8 Å². The third kappa shape index (κ3) is 3.99. The van der Waals surface area contributed by atoms with Crippen molar-refractivity contribution in [3.8, 4) is 11.8 Å². The van der Waals surface area contributed by atoms with Crippen LogP contribution in [0.15, 0.2) is 18.2 Å². The monoisotopic (exact) mass is 408 g/mol. The number of rotatable bonds is 4. The Kier molecular flexibility index (Phi) is 5.93. The molecule has 0 aromatic heterocycles. The summed E-state index contributed by atoms with van der Waals surface area (Å²) in [5.41, 5.74) is 1.02. The molecule has 1 unspecified atom stereocenters. The molecule has 3 aliphatic heterocycles. The molecular formula is C22H24N4O4. The number of benzene rings is 1. The van der Waals surface area contributed by atoms with Crippen molar-refractivity contribution >= 4 is 23.6 Å². The second-order valence-corrected chi connectivity index (χ2v) is 7.67. The summed E-state index contributed by atoms with van der Waals surface area (Å²) in [7, 11) is 0. The van der Waals surface area contributed by atoms with Crippen molar-refractivity contribution < 1.29 is 19.2 Å². The fraction of sp³-hybridized carbons (Fsp3) is 0.455. The molecule has 0 aliphatic carbocycles. The van der Waals surface area contributed by atoms with Crippen LogP contribution in [0.1, 0.15) is 52.0 Å². The van der Waals surface area contributed by atoms with Crippen LogP contribution in [0.3, 0.4) is 0 Å². The molecule has 0 saturated carbocycles. The van der Waals surface area contributed by atoms with Crippen LogP contribution in [0.2, 0.25) is 0 Å². The normalized spacial score (nSPS) is 21.9. The molecule has 8 nitrogen and oxygen atoms in total. The van der Waals surface area contributed by atoms with Gasteiger partial charge in [0.1, 0.15) is 6.04 Å². The molecule has 1 atom stereocenters. The zero-order chi connectivity index (χ0) is 21.1. The summed E-state index contributed by atoms with van der Waals surface area (Å²) in [5, 5.41) is 5.53. The lowest BCUT2D eigenvalue weighted by Gasteiger charge is -2.27. The molecule has 1 aromatic carbocycles. The molecule has 30 heavy (non-hydrogen) atoms. The lowest BCUT2D eigenvalue weighted by molar-refractivity contribution is -0.136. The number of amides is 4. The zero-order valence-corrected chi connectivity index (χ0v) is 16.7. The average molecular weight is 408 g/mol. The first-order valence-corrected chi connectivity index (χ1v) is 10.3. The van der Waals surface area contributed by atoms with Gasteiger partial charge in [0, 0.05) is 44.6 Å². The molecule has 3 aliphatic rings. The van der Waals surface area contributed by atoms with Crippen LogP contribution in [0.5, 0.6) is 0 Å². The highest BCUT2D eigenvalue weighted by Gasteiger charge is 2.45. The van der Waals surface area contributed by atoms with Crippen LogP contribution in [-0.2, 0) is 9.59 Å². The van der Waals surface area contributed by atoms with Crippen molar-refractivity contribution in [1.82, 2.24) is 20.4 Å². The molecule has 0 radical (unpaired) electrons. The first kappa shape index (κ1) is 20.3. The van der Waals surface area contributed by atoms with Crippen LogP contribution >= 0.6 is 0 Å². The maximum atomic E-state index is 13.0. The second-order valence-electron chi connectivity index (χ2n) is 7.67. The van der Waals surface area contributed by atoms with E-state index < -0.39 is 23.8 Å². The summed E-state index contributed by atoms with van der Waals surface area (Å²) in [5.74, 6) is 4.13. The summed E-state index contributed by atoms with van der Waals surface area (Å²) in [6.45, 7) is 5.12. The minimum Gasteiger partial charge on any atom is -0.314 e. The molecule has 0 spiro atoms. The predicted octanol–water partition coefficient (Wildman–Crippen LogP) is 0.125. The molecule has 2 N–H and O–H groups in total. The number of hydrogen-bond donors (Lipinski definition) is 2. The number of nitrogens with one attached hydrogen (secondary N) is 2. The van der Waals surface area contributed by atoms with Crippen LogP contribution in [0.4, 0.5) is 0 Å². The van der Waals surface area contributed by atoms with Gasteiger partial charge < -0.3 is 10.2 Å². The molecule has 3 heterocycles. The topological polar surface area (TPSA) is 98.8 Å². The Hall–Kier alpha value is -3.02. The van der Waals surface area contributed by atoms with Gasteiger partial charge in [-0.15, -0.1) is 0 Å². The van der Waals surface area contributed by atoms with E-state index in [1.54, 1.807) is 18.2 Å². The number of fused-ring (bicyclic) bond motifs is 1. The number of unbranched alkanes of at least 4 members (excludes halogenated alkanes) is 1. The minimum atomic E-state index is -0.963. The highest BCUT2D eigenvalue weighted by molar-refractivity contribution is 6.24. The maximum Gasteiger partial charge on any atom is 0.263 e. The first-order valence-electron chi connectivity index (χ1n) is 10.3. The van der Waals surface area contributed by atoms with E-state index in [1.165, 1.54) is 0 Å². The number of carbonyl (C=O) groups is 4. The van der Waals surface area contributed by atoms with Crippen molar-refractivity contribution in [3.05, 3.63) is 34.9 Å². The van der Waals surface area contributed by atoms with Gasteiger partial charge in [-0.2, -0.15) is 0 Å². The minimum absolute atomic E-state index is 0.101. The van der Waals surface area contributed by atoms with E-state index in [9.17, 15) is 19.2 Å². The van der Waals surface area contributed by atoms with Crippen LogP contribution in [0.25, 0.3) is 0 Å². The Morgan fingerprint density at radius 3 is 2.63 bits per heavy atom. The zero-order valence-electron chi connectivity index (χ0n) is 16.7. The van der Waals surface area contributed by atoms with Gasteiger partial charge in [-0.05, 0) is 31.5 Å². The van der Waals surface area contributed by atoms with E-state index in [4.69, 9.17) is 0 Å². The fourth-order valence-electron chi connectivity index (χ4n) is 4.10. The van der Waals surface area contributed by atoms with Gasteiger partial charge in [-0.1, -0.05) is 17.9 Å². The Morgan fingerprint density at radius 1 is 1.07 bits per heavy atom. The number of nitrogens with zero attached hydrogens (tertiary/aromatic N) is 2. The summed E-state index contributed by atoms with van der Waals surface area (Å²) in [6, 6.07) is 4.04. The summed E-state index contributed by atoms with van der Waals surface area (Å²) >= 11 is 0. The number of piperidine rings is 1. The smallest absolute Gasteiger partial charge is 0.263 e. The van der Waals surface area contributed by atoms with E-state index in [-0.39, 0.29) is 29.9 Å². The number of hydrogen-bond acceptors (Lipinski definition) is 6. The maximum absolute atomic E-state index is 13.0. The van der Waals surface area contributed by atoms with Crippen LogP contribution in [0, 0.1) is 11.8 Å². The van der Waals surface area contributed by atoms with Crippen molar-refractivity contribution in [2.45, 2.75) is 31.7 Å². The van der Waals surface area contributed by atoms with E-state index in [1.807, 2.05) is 0 Å². The Morgan fingerprint density at radius 2 is 1.87 bits per heavy atom. The van der Waals surface area contributed by atoms with Crippen molar-refractivity contribution in [1.29, 1.82) is 0 Å². The van der Waals surface area contributed by atoms with E-state index in [2.05, 4.69) is 27.4 Å². The molecule has 2 fully saturated rings. The van der Waals surface area contributed by atoms with Crippen molar-refractivity contribution in [3.63, 3.8) is 0 Å². The summed E-state index contributed by atoms with van der Waals surface area (Å²) in [4.78, 5) is 52.8. The Bertz CT molecular complexity index is 956. The Balaban J connectivity index is 1.45. The fourth-order valence-corrected chi connectivity index (χ4v) is 4.10. The van der Waals surface area contributed by atoms with Gasteiger partial charge >= 0.3 is 0 Å². The van der Waals surface area contributed by atoms with Gasteiger partial charge in [-0.3, -0.25) is 29.4 Å². The lowest BCUT2D eigenvalue weighted by Crippen LogP contribution is -2.54. The predicted molar refractivity (Wildman–Crippen MR) is 109 cm³/mol. The number of carbonyl (C=O) groups excluding carboxylic acids is 4. The molecular weight excluding hydrogens is 384 g/mol. The molecule has 1 aromatic rings. The van der Waals surface area contributed by atoms with Gasteiger partial charge in [0.15, 0.2) is 0 Å². The first-order chi connectivity index (χ1) is 14.6. The molecule has 8 heteroatoms. The number of piperazine rings is 1. The SMILES string of the molecule is O=C1CCC(N2C(=O)c3cccc(C#CCCCN4CCNCC4)c3C2=O)C(=O)N1. The van der Waals surface area contributed by atoms with E-state index >= 15 is 0 Å². The largest absolute Gasteiger partial charge is 0.314 e. The molecule has 4 rings (SSSR count). The molecule has 156 valence electrons. The van der Waals surface area contributed by atoms with Crippen LogP contribution in [-0.4, -0.2) is 72.2 Å². The quantitative estimate of drug-likeness (QED) is 0.417. The van der Waals surface area contributed by atoms with E-state index in [0.29, 0.717) is 12.0 Å². The highest BCUT2D eigenvalue weighted by Crippen LogP contribution is 2.29. The Labute approximate surface area is 175 Å². The van der Waals surface area contributed by atoms with Gasteiger partial charge in [0.05, 0.1) is 11.1 Å². The average Bonchev–Trinajstić information content (AvgIpc) is 3.00. The summed E-state index contributed by atoms with van der Waals surface area (Å²) < 4.78 is 0. The second kappa shape index (κ2) is 8.78. The van der Waals surface area contributed by atoms with Crippen molar-refractivity contribution in [2.24, 2.45) is 0 Å². The van der Waals surface area contributed by atoms with Gasteiger partial charge in [-0.25, -0.2) is 0 Å². The highest BCUT2D eigenvalue weighted by atomic mass is 16.2. The molecule has 4 amide bonds. The molecule has 0 bridgehead atoms. The van der Waals surface area contributed by atoms with Gasteiger partial charge in [0.2, 0.25) is 11.8 Å². The van der Waals surface area contributed by atoms with E-state index in [0.717, 1.165) is 44.0 Å². The number of imide groups is 2. The van der Waals surface area contributed by atoms with Crippen LogP contribution < -0.4 is 10.6 Å².